The number of carboxylic acid groups (broad SMARTS) is 1. The molecule has 0 bridgehead atoms. The number of aliphatic carboxylic acids is 1. The smallest absolute Gasteiger partial charge is 0.366 e. The van der Waals surface area contributed by atoms with Crippen molar-refractivity contribution < 1.29 is 29.4 Å². The molecule has 1 amide bonds. The van der Waals surface area contributed by atoms with Crippen molar-refractivity contribution in [3.05, 3.63) is 64.2 Å². The summed E-state index contributed by atoms with van der Waals surface area (Å²) < 4.78 is -0.195. The Kier molecular flexibility index (Phi) is 5.76. The van der Waals surface area contributed by atoms with Gasteiger partial charge in [-0.3, -0.25) is 0 Å². The van der Waals surface area contributed by atoms with Gasteiger partial charge < -0.3 is 15.3 Å². The van der Waals surface area contributed by atoms with E-state index >= 15 is 0 Å². The van der Waals surface area contributed by atoms with E-state index in [-0.39, 0.29) is 16.1 Å². The number of aliphatic hydroxyl groups excluding tert-OH is 1. The molecule has 160 valence electrons. The van der Waals surface area contributed by atoms with Gasteiger partial charge >= 0.3 is 11.9 Å². The minimum atomic E-state index is -1.03. The van der Waals surface area contributed by atoms with Crippen molar-refractivity contribution in [2.75, 3.05) is 14.1 Å². The summed E-state index contributed by atoms with van der Waals surface area (Å²) in [5.74, 6) is -0.985. The van der Waals surface area contributed by atoms with Gasteiger partial charge in [0.2, 0.25) is 5.54 Å². The quantitative estimate of drug-likeness (QED) is 0.605. The highest BCUT2D eigenvalue weighted by molar-refractivity contribution is 5.95. The van der Waals surface area contributed by atoms with Gasteiger partial charge in [-0.2, -0.15) is 0 Å². The van der Waals surface area contributed by atoms with Crippen molar-refractivity contribution >= 4 is 11.9 Å². The van der Waals surface area contributed by atoms with Gasteiger partial charge in [0, 0.05) is 12.8 Å². The van der Waals surface area contributed by atoms with Crippen molar-refractivity contribution in [1.82, 2.24) is 0 Å². The van der Waals surface area contributed by atoms with E-state index in [1.54, 1.807) is 38.4 Å². The normalized spacial score (nSPS) is 16.2. The molecule has 0 aliphatic heterocycles. The van der Waals surface area contributed by atoms with Crippen LogP contribution in [0.4, 0.5) is 0 Å². The average Bonchev–Trinajstić information content (AvgIpc) is 3.48. The fourth-order valence-electron chi connectivity index (χ4n) is 4.34. The number of carbonyl (C=O) groups is 2. The second-order valence-corrected chi connectivity index (χ2v) is 8.85. The number of hydrogen-bond donors (Lipinski definition) is 3. The number of aryl methyl sites for hydroxylation is 3. The third kappa shape index (κ3) is 3.85. The highest BCUT2D eigenvalue weighted by Crippen LogP contribution is 2.46. The van der Waals surface area contributed by atoms with Crippen LogP contribution in [0.2, 0.25) is 0 Å². The first-order valence-electron chi connectivity index (χ1n) is 10.2. The minimum absolute atomic E-state index is 0.122. The predicted molar refractivity (Wildman–Crippen MR) is 113 cm³/mol. The molecule has 0 aromatic heterocycles. The highest BCUT2D eigenvalue weighted by Gasteiger charge is 2.66. The van der Waals surface area contributed by atoms with Crippen LogP contribution in [0, 0.1) is 13.8 Å². The van der Waals surface area contributed by atoms with E-state index in [1.807, 2.05) is 26.0 Å². The van der Waals surface area contributed by atoms with Crippen LogP contribution in [-0.2, 0) is 11.2 Å². The Balaban J connectivity index is 1.79. The van der Waals surface area contributed by atoms with Crippen LogP contribution < -0.4 is 0 Å². The zero-order chi connectivity index (χ0) is 22.3. The summed E-state index contributed by atoms with van der Waals surface area (Å²) in [4.78, 5) is 25.1. The maximum Gasteiger partial charge on any atom is 0.366 e. The summed E-state index contributed by atoms with van der Waals surface area (Å²) in [6.07, 6.45) is 1.41. The number of carboxylic acids is 1. The molecule has 3 N–H and O–H groups in total. The number of aliphatic hydroxyl groups is 1. The fourth-order valence-corrected chi connectivity index (χ4v) is 4.34. The topological polar surface area (TPSA) is 94.8 Å². The summed E-state index contributed by atoms with van der Waals surface area (Å²) >= 11 is 0. The standard InChI is InChI=1S/C24H29NO5/c1-15-12-17(8-9-20(27)18-6-5-7-19(26)14-18)13-16(2)21(15)22(28)25(3,4)24(10-11-24)23(29)30/h5-7,12-14,20,27H,8-11H2,1-4H3,(H-,26,29,30)/p+1. The van der Waals surface area contributed by atoms with Crippen molar-refractivity contribution in [2.24, 2.45) is 0 Å². The van der Waals surface area contributed by atoms with Gasteiger partial charge in [0.15, 0.2) is 0 Å². The fraction of sp³-hybridized carbons (Fsp3) is 0.417. The van der Waals surface area contributed by atoms with Gasteiger partial charge in [0.05, 0.1) is 25.8 Å². The molecule has 1 aliphatic rings. The third-order valence-electron chi connectivity index (χ3n) is 6.47. The first-order valence-corrected chi connectivity index (χ1v) is 10.2. The molecule has 1 atom stereocenters. The molecule has 6 heteroatoms. The second kappa shape index (κ2) is 7.85. The lowest BCUT2D eigenvalue weighted by Crippen LogP contribution is -2.59. The van der Waals surface area contributed by atoms with E-state index in [2.05, 4.69) is 0 Å². The number of amides is 1. The SMILES string of the molecule is Cc1cc(CCC(O)c2cccc(O)c2)cc(C)c1C(=O)[N+](C)(C)C1(C(=O)O)CC1. The second-order valence-electron chi connectivity index (χ2n) is 8.85. The molecule has 0 spiro atoms. The number of aromatic hydroxyl groups is 1. The van der Waals surface area contributed by atoms with Crippen molar-refractivity contribution in [1.29, 1.82) is 0 Å². The third-order valence-corrected chi connectivity index (χ3v) is 6.47. The van der Waals surface area contributed by atoms with Gasteiger partial charge in [-0.15, -0.1) is 0 Å². The Morgan fingerprint density at radius 2 is 1.70 bits per heavy atom. The van der Waals surface area contributed by atoms with E-state index in [0.29, 0.717) is 36.8 Å². The summed E-state index contributed by atoms with van der Waals surface area (Å²) in [7, 11) is 3.36. The number of carbonyl (C=O) groups excluding carboxylic acids is 1. The maximum absolute atomic E-state index is 13.3. The Morgan fingerprint density at radius 3 is 2.20 bits per heavy atom. The van der Waals surface area contributed by atoms with Crippen LogP contribution in [0.1, 0.15) is 58.0 Å². The summed E-state index contributed by atoms with van der Waals surface area (Å²) in [5.41, 5.74) is 2.84. The zero-order valence-corrected chi connectivity index (χ0v) is 18.0. The lowest BCUT2D eigenvalue weighted by Gasteiger charge is -2.34. The Bertz CT molecular complexity index is 968. The molecule has 2 aromatic rings. The van der Waals surface area contributed by atoms with E-state index in [1.165, 1.54) is 0 Å². The lowest BCUT2D eigenvalue weighted by molar-refractivity contribution is -0.837. The van der Waals surface area contributed by atoms with E-state index in [4.69, 9.17) is 0 Å². The Morgan fingerprint density at radius 1 is 1.10 bits per heavy atom. The van der Waals surface area contributed by atoms with Gasteiger partial charge in [0.25, 0.3) is 0 Å². The zero-order valence-electron chi connectivity index (χ0n) is 18.0. The summed E-state index contributed by atoms with van der Waals surface area (Å²) in [6.45, 7) is 3.74. The molecule has 1 aliphatic carbocycles. The molecule has 1 saturated carbocycles. The molecule has 1 unspecified atom stereocenters. The van der Waals surface area contributed by atoms with Crippen LogP contribution in [0.15, 0.2) is 36.4 Å². The lowest BCUT2D eigenvalue weighted by atomic mass is 9.93. The van der Waals surface area contributed by atoms with Gasteiger partial charge in [-0.1, -0.05) is 24.3 Å². The largest absolute Gasteiger partial charge is 0.508 e. The molecule has 0 radical (unpaired) electrons. The number of phenols is 1. The van der Waals surface area contributed by atoms with Gasteiger partial charge in [-0.25, -0.2) is 14.1 Å². The van der Waals surface area contributed by atoms with Crippen molar-refractivity contribution in [3.63, 3.8) is 0 Å². The minimum Gasteiger partial charge on any atom is -0.508 e. The molecule has 0 heterocycles. The first kappa shape index (κ1) is 22.0. The van der Waals surface area contributed by atoms with Gasteiger partial charge in [-0.05, 0) is 61.1 Å². The molecule has 30 heavy (non-hydrogen) atoms. The van der Waals surface area contributed by atoms with Crippen LogP contribution >= 0.6 is 0 Å². The Hall–Kier alpha value is -2.70. The van der Waals surface area contributed by atoms with Crippen LogP contribution in [0.3, 0.4) is 0 Å². The number of hydrogen-bond acceptors (Lipinski definition) is 4. The number of nitrogens with zero attached hydrogens (tertiary/aromatic N) is 1. The molecular weight excluding hydrogens is 382 g/mol. The van der Waals surface area contributed by atoms with Crippen LogP contribution in [-0.4, -0.2) is 51.3 Å². The number of phenolic OH excluding ortho intramolecular Hbond substituents is 1. The van der Waals surface area contributed by atoms with Crippen LogP contribution in [0.5, 0.6) is 5.75 Å². The number of benzene rings is 2. The van der Waals surface area contributed by atoms with Crippen LogP contribution in [0.25, 0.3) is 0 Å². The molecular formula is C24H30NO5+. The monoisotopic (exact) mass is 412 g/mol. The maximum atomic E-state index is 13.3. The van der Waals surface area contributed by atoms with E-state index in [9.17, 15) is 24.9 Å². The van der Waals surface area contributed by atoms with E-state index in [0.717, 1.165) is 16.7 Å². The van der Waals surface area contributed by atoms with Crippen molar-refractivity contribution in [2.45, 2.75) is 51.2 Å². The molecule has 2 aromatic carbocycles. The Labute approximate surface area is 177 Å². The number of rotatable bonds is 7. The average molecular weight is 413 g/mol. The summed E-state index contributed by atoms with van der Waals surface area (Å²) in [5, 5.41) is 29.6. The van der Waals surface area contributed by atoms with Crippen molar-refractivity contribution in [3.8, 4) is 5.75 Å². The molecule has 6 nitrogen and oxygen atoms in total. The molecule has 1 fully saturated rings. The van der Waals surface area contributed by atoms with E-state index < -0.39 is 17.6 Å². The molecule has 3 rings (SSSR count). The number of likely N-dealkylation sites (N-methyl/N-ethyl adjacent to an activating group) is 1. The number of quaternary nitrogens is 1. The summed E-state index contributed by atoms with van der Waals surface area (Å²) in [6, 6.07) is 10.5. The predicted octanol–water partition coefficient (Wildman–Crippen LogP) is 3.51. The molecule has 0 saturated heterocycles. The first-order chi connectivity index (χ1) is 14.0. The highest BCUT2D eigenvalue weighted by atomic mass is 16.4. The van der Waals surface area contributed by atoms with Gasteiger partial charge in [0.1, 0.15) is 5.75 Å².